The summed E-state index contributed by atoms with van der Waals surface area (Å²) >= 11 is 0. The highest BCUT2D eigenvalue weighted by Crippen LogP contribution is 2.19. The molecule has 480 valence electrons. The molecule has 81 heavy (non-hydrogen) atoms. The van der Waals surface area contributed by atoms with Gasteiger partial charge in [-0.15, -0.1) is 0 Å². The molecular weight excluding hydrogens is 995 g/mol. The molecule has 0 rings (SSSR count). The number of ether oxygens (including phenoxy) is 1. The Morgan fingerprint density at radius 2 is 0.580 bits per heavy atom. The number of nitrogens with one attached hydrogen (secondary N) is 1. The first kappa shape index (κ1) is 79.3. The van der Waals surface area contributed by atoms with Crippen molar-refractivity contribution in [2.24, 2.45) is 0 Å². The van der Waals surface area contributed by atoms with Crippen LogP contribution in [0.3, 0.4) is 0 Å². The van der Waals surface area contributed by atoms with Crippen LogP contribution in [0.4, 0.5) is 0 Å². The highest BCUT2D eigenvalue weighted by molar-refractivity contribution is 5.76. The van der Waals surface area contributed by atoms with Crippen LogP contribution in [0.25, 0.3) is 0 Å². The fraction of sp³-hybridized carbons (Fsp3) is 0.920. The zero-order valence-corrected chi connectivity index (χ0v) is 55.0. The molecular formula is C75H145NO5. The van der Waals surface area contributed by atoms with Gasteiger partial charge in [0.05, 0.1) is 25.4 Å². The summed E-state index contributed by atoms with van der Waals surface area (Å²) in [6.07, 6.45) is 89.6. The molecule has 0 aromatic rings. The van der Waals surface area contributed by atoms with Gasteiger partial charge in [-0.05, 0) is 77.0 Å². The smallest absolute Gasteiger partial charge is 0.305 e. The third kappa shape index (κ3) is 67.3. The van der Waals surface area contributed by atoms with E-state index < -0.39 is 12.1 Å². The monoisotopic (exact) mass is 1140 g/mol. The van der Waals surface area contributed by atoms with E-state index in [1.807, 2.05) is 0 Å². The second kappa shape index (κ2) is 70.8. The number of hydrogen-bond acceptors (Lipinski definition) is 5. The van der Waals surface area contributed by atoms with E-state index in [0.29, 0.717) is 25.9 Å². The van der Waals surface area contributed by atoms with E-state index in [0.717, 1.165) is 38.5 Å². The lowest BCUT2D eigenvalue weighted by atomic mass is 10.0. The minimum absolute atomic E-state index is 0.0170. The van der Waals surface area contributed by atoms with Gasteiger partial charge in [0, 0.05) is 12.8 Å². The van der Waals surface area contributed by atoms with Gasteiger partial charge in [0.15, 0.2) is 0 Å². The van der Waals surface area contributed by atoms with E-state index in [-0.39, 0.29) is 18.5 Å². The summed E-state index contributed by atoms with van der Waals surface area (Å²) < 4.78 is 5.51. The number of esters is 1. The summed E-state index contributed by atoms with van der Waals surface area (Å²) in [5, 5.41) is 23.4. The van der Waals surface area contributed by atoms with E-state index in [4.69, 9.17) is 4.74 Å². The molecule has 2 unspecified atom stereocenters. The van der Waals surface area contributed by atoms with Gasteiger partial charge in [-0.2, -0.15) is 0 Å². The predicted octanol–water partition coefficient (Wildman–Crippen LogP) is 24.1. The first-order valence-electron chi connectivity index (χ1n) is 37.1. The molecule has 1 amide bonds. The van der Waals surface area contributed by atoms with Crippen LogP contribution in [-0.2, 0) is 14.3 Å². The molecule has 6 heteroatoms. The van der Waals surface area contributed by atoms with Crippen LogP contribution in [0.2, 0.25) is 0 Å². The van der Waals surface area contributed by atoms with Crippen LogP contribution in [0, 0.1) is 0 Å². The molecule has 0 fully saturated rings. The van der Waals surface area contributed by atoms with Gasteiger partial charge < -0.3 is 20.3 Å². The fourth-order valence-electron chi connectivity index (χ4n) is 11.8. The molecule has 0 heterocycles. The number of aliphatic hydroxyl groups excluding tert-OH is 2. The van der Waals surface area contributed by atoms with E-state index in [9.17, 15) is 19.8 Å². The molecule has 0 saturated carbocycles. The van der Waals surface area contributed by atoms with Crippen molar-refractivity contribution in [2.75, 3.05) is 13.2 Å². The third-order valence-electron chi connectivity index (χ3n) is 17.5. The Morgan fingerprint density at radius 3 is 0.877 bits per heavy atom. The Kier molecular flexibility index (Phi) is 69.4. The lowest BCUT2D eigenvalue weighted by Gasteiger charge is -2.22. The Balaban J connectivity index is 3.35. The second-order valence-corrected chi connectivity index (χ2v) is 25.6. The fourth-order valence-corrected chi connectivity index (χ4v) is 11.8. The number of amides is 1. The molecule has 0 aliphatic rings. The van der Waals surface area contributed by atoms with E-state index >= 15 is 0 Å². The zero-order valence-electron chi connectivity index (χ0n) is 55.0. The quantitative estimate of drug-likeness (QED) is 0.0320. The van der Waals surface area contributed by atoms with Gasteiger partial charge in [-0.1, -0.05) is 353 Å². The molecule has 0 saturated heterocycles. The first-order valence-corrected chi connectivity index (χ1v) is 37.1. The van der Waals surface area contributed by atoms with Crippen LogP contribution in [0.15, 0.2) is 24.3 Å². The molecule has 0 aromatic heterocycles. The average Bonchev–Trinajstić information content (AvgIpc) is 3.47. The van der Waals surface area contributed by atoms with Gasteiger partial charge in [0.25, 0.3) is 0 Å². The van der Waals surface area contributed by atoms with Crippen LogP contribution >= 0.6 is 0 Å². The summed E-state index contributed by atoms with van der Waals surface area (Å²) in [5.74, 6) is -0.0137. The van der Waals surface area contributed by atoms with E-state index in [2.05, 4.69) is 43.5 Å². The highest BCUT2D eigenvalue weighted by Gasteiger charge is 2.20. The molecule has 2 atom stereocenters. The number of aliphatic hydroxyl groups is 2. The number of rotatable bonds is 70. The number of carbonyl (C=O) groups excluding carboxylic acids is 2. The number of hydrogen-bond donors (Lipinski definition) is 3. The van der Waals surface area contributed by atoms with Gasteiger partial charge in [0.1, 0.15) is 0 Å². The van der Waals surface area contributed by atoms with Crippen LogP contribution in [-0.4, -0.2) is 47.4 Å². The molecule has 3 N–H and O–H groups in total. The molecule has 0 bridgehead atoms. The summed E-state index contributed by atoms with van der Waals surface area (Å²) in [4.78, 5) is 24.6. The first-order chi connectivity index (χ1) is 40.0. The van der Waals surface area contributed by atoms with E-state index in [1.54, 1.807) is 0 Å². The van der Waals surface area contributed by atoms with Crippen molar-refractivity contribution in [1.29, 1.82) is 0 Å². The Morgan fingerprint density at radius 1 is 0.333 bits per heavy atom. The Hall–Kier alpha value is -1.66. The second-order valence-electron chi connectivity index (χ2n) is 25.6. The third-order valence-corrected chi connectivity index (χ3v) is 17.5. The molecule has 0 aromatic carbocycles. The summed E-state index contributed by atoms with van der Waals surface area (Å²) in [6.45, 7) is 4.99. The van der Waals surface area contributed by atoms with Crippen molar-refractivity contribution in [2.45, 2.75) is 431 Å². The number of allylic oxidation sites excluding steroid dienone is 4. The van der Waals surface area contributed by atoms with Crippen molar-refractivity contribution in [1.82, 2.24) is 5.32 Å². The molecule has 6 nitrogen and oxygen atoms in total. The van der Waals surface area contributed by atoms with Crippen molar-refractivity contribution in [3.63, 3.8) is 0 Å². The summed E-state index contributed by atoms with van der Waals surface area (Å²) in [5.41, 5.74) is 0. The van der Waals surface area contributed by atoms with Gasteiger partial charge in [-0.3, -0.25) is 9.59 Å². The van der Waals surface area contributed by atoms with Crippen molar-refractivity contribution < 1.29 is 24.5 Å². The lowest BCUT2D eigenvalue weighted by Crippen LogP contribution is -2.45. The Labute approximate surface area is 507 Å². The number of unbranched alkanes of at least 4 members (excludes halogenated alkanes) is 55. The van der Waals surface area contributed by atoms with Crippen LogP contribution < -0.4 is 5.32 Å². The topological polar surface area (TPSA) is 95.9 Å². The van der Waals surface area contributed by atoms with Gasteiger partial charge in [-0.25, -0.2) is 0 Å². The minimum Gasteiger partial charge on any atom is -0.466 e. The Bertz CT molecular complexity index is 1270. The summed E-state index contributed by atoms with van der Waals surface area (Å²) in [6, 6.07) is -0.541. The lowest BCUT2D eigenvalue weighted by molar-refractivity contribution is -0.143. The maximum atomic E-state index is 12.5. The van der Waals surface area contributed by atoms with Gasteiger partial charge >= 0.3 is 5.97 Å². The molecule has 0 aliphatic carbocycles. The minimum atomic E-state index is -0.664. The van der Waals surface area contributed by atoms with Gasteiger partial charge in [0.2, 0.25) is 5.91 Å². The maximum absolute atomic E-state index is 12.5. The largest absolute Gasteiger partial charge is 0.466 e. The van der Waals surface area contributed by atoms with Crippen molar-refractivity contribution >= 4 is 11.9 Å². The maximum Gasteiger partial charge on any atom is 0.305 e. The van der Waals surface area contributed by atoms with Crippen molar-refractivity contribution in [3.8, 4) is 0 Å². The molecule has 0 radical (unpaired) electrons. The number of carbonyl (C=O) groups is 2. The highest BCUT2D eigenvalue weighted by atomic mass is 16.5. The van der Waals surface area contributed by atoms with Crippen LogP contribution in [0.5, 0.6) is 0 Å². The molecule has 0 spiro atoms. The van der Waals surface area contributed by atoms with E-state index in [1.165, 1.54) is 347 Å². The zero-order chi connectivity index (χ0) is 58.5. The summed E-state index contributed by atoms with van der Waals surface area (Å²) in [7, 11) is 0. The van der Waals surface area contributed by atoms with Crippen LogP contribution in [0.1, 0.15) is 418 Å². The average molecular weight is 1140 g/mol. The van der Waals surface area contributed by atoms with Crippen molar-refractivity contribution in [3.05, 3.63) is 24.3 Å². The predicted molar refractivity (Wildman–Crippen MR) is 356 cm³/mol. The normalized spacial score (nSPS) is 12.6. The SMILES string of the molecule is CCCCCCCC/C=C\CCCCCCCCCCCC(=O)OCCCCCCCCCCCCCC/C=C\CCCCCCCCCCCCCCCC(=O)NC(CO)C(O)CCCCCCCCCCCCCCCCCC. The molecule has 0 aliphatic heterocycles. The standard InChI is InChI=1S/C75H145NO5/c1-3-5-7-9-11-13-15-17-19-21-33-37-41-45-49-53-57-61-65-69-75(80)81-70-66-62-58-54-50-46-42-38-35-32-30-28-26-24-22-23-25-27-29-31-34-36-40-44-48-52-56-60-64-68-74(79)76-72(71-77)73(78)67-63-59-55-51-47-43-39-20-18-16-14-12-10-8-6-4-2/h17,19,22,24,72-73,77-78H,3-16,18,20-21,23,25-71H2,1-2H3,(H,76,79)/b19-17-,24-22-.